The molecule has 0 saturated carbocycles. The van der Waals surface area contributed by atoms with Crippen LogP contribution >= 0.6 is 0 Å². The van der Waals surface area contributed by atoms with Crippen molar-refractivity contribution in [2.75, 3.05) is 5.32 Å². The van der Waals surface area contributed by atoms with Crippen molar-refractivity contribution in [2.24, 2.45) is 0 Å². The van der Waals surface area contributed by atoms with Gasteiger partial charge in [-0.25, -0.2) is 0 Å². The zero-order valence-electron chi connectivity index (χ0n) is 11.8. The Bertz CT molecular complexity index is 946. The van der Waals surface area contributed by atoms with Crippen LogP contribution in [0, 0.1) is 0 Å². The van der Waals surface area contributed by atoms with Gasteiger partial charge in [0.15, 0.2) is 0 Å². The molecule has 0 spiro atoms. The molecule has 22 heavy (non-hydrogen) atoms. The van der Waals surface area contributed by atoms with Gasteiger partial charge >= 0.3 is 0 Å². The number of carbonyl (C=O) groups is 1. The molecular formula is C19H14N2O. The first-order valence-corrected chi connectivity index (χ1v) is 7.18. The third kappa shape index (κ3) is 2.13. The van der Waals surface area contributed by atoms with Crippen LogP contribution in [-0.4, -0.2) is 10.9 Å². The number of fused-ring (bicyclic) bond motifs is 2. The van der Waals surface area contributed by atoms with Crippen LogP contribution < -0.4 is 5.32 Å². The second-order valence-corrected chi connectivity index (χ2v) is 5.25. The van der Waals surface area contributed by atoms with Gasteiger partial charge in [-0.3, -0.25) is 4.79 Å². The van der Waals surface area contributed by atoms with E-state index >= 15 is 0 Å². The average Bonchev–Trinajstić information content (AvgIpc) is 2.99. The van der Waals surface area contributed by atoms with Crippen LogP contribution in [0.1, 0.15) is 10.5 Å². The molecule has 0 bridgehead atoms. The number of hydrogen-bond acceptors (Lipinski definition) is 1. The van der Waals surface area contributed by atoms with Crippen LogP contribution in [0.3, 0.4) is 0 Å². The molecule has 3 nitrogen and oxygen atoms in total. The van der Waals surface area contributed by atoms with Crippen molar-refractivity contribution in [1.82, 2.24) is 4.98 Å². The maximum atomic E-state index is 12.5. The van der Waals surface area contributed by atoms with Gasteiger partial charge in [-0.05, 0) is 23.6 Å². The fraction of sp³-hybridized carbons (Fsp3) is 0. The number of nitrogens with one attached hydrogen (secondary N) is 2. The number of hydrogen-bond donors (Lipinski definition) is 2. The lowest BCUT2D eigenvalue weighted by atomic mass is 10.1. The van der Waals surface area contributed by atoms with E-state index < -0.39 is 0 Å². The van der Waals surface area contributed by atoms with E-state index in [1.54, 1.807) is 0 Å². The monoisotopic (exact) mass is 286 g/mol. The molecule has 0 unspecified atom stereocenters. The van der Waals surface area contributed by atoms with Crippen molar-refractivity contribution in [3.63, 3.8) is 0 Å². The topological polar surface area (TPSA) is 44.9 Å². The Morgan fingerprint density at radius 2 is 1.55 bits per heavy atom. The van der Waals surface area contributed by atoms with E-state index in [-0.39, 0.29) is 5.91 Å². The number of para-hydroxylation sites is 1. The largest absolute Gasteiger partial charge is 0.351 e. The first-order valence-electron chi connectivity index (χ1n) is 7.18. The van der Waals surface area contributed by atoms with Gasteiger partial charge in [0, 0.05) is 22.0 Å². The highest BCUT2D eigenvalue weighted by molar-refractivity contribution is 6.10. The van der Waals surface area contributed by atoms with Gasteiger partial charge in [0.2, 0.25) is 0 Å². The normalized spacial score (nSPS) is 10.9. The third-order valence-electron chi connectivity index (χ3n) is 3.81. The fourth-order valence-electron chi connectivity index (χ4n) is 2.72. The van der Waals surface area contributed by atoms with Gasteiger partial charge in [0.1, 0.15) is 5.69 Å². The summed E-state index contributed by atoms with van der Waals surface area (Å²) in [7, 11) is 0. The van der Waals surface area contributed by atoms with Crippen molar-refractivity contribution < 1.29 is 4.79 Å². The van der Waals surface area contributed by atoms with Crippen LogP contribution in [0.2, 0.25) is 0 Å². The Kier molecular flexibility index (Phi) is 2.90. The Hall–Kier alpha value is -3.07. The highest BCUT2D eigenvalue weighted by Crippen LogP contribution is 2.24. The SMILES string of the molecule is O=C(Nc1cccc2ccccc12)c1cc2ccccc2[nH]1. The van der Waals surface area contributed by atoms with Gasteiger partial charge in [-0.1, -0.05) is 54.6 Å². The number of aromatic amines is 1. The summed E-state index contributed by atoms with van der Waals surface area (Å²) in [6.45, 7) is 0. The van der Waals surface area contributed by atoms with Gasteiger partial charge in [0.25, 0.3) is 5.91 Å². The van der Waals surface area contributed by atoms with Crippen molar-refractivity contribution in [3.8, 4) is 0 Å². The molecule has 0 saturated heterocycles. The molecule has 1 heterocycles. The zero-order chi connectivity index (χ0) is 14.9. The van der Waals surface area contributed by atoms with Crippen LogP contribution in [0.25, 0.3) is 21.7 Å². The Morgan fingerprint density at radius 1 is 0.818 bits per heavy atom. The summed E-state index contributed by atoms with van der Waals surface area (Å²) in [5, 5.41) is 6.17. The summed E-state index contributed by atoms with van der Waals surface area (Å²) in [5.74, 6) is -0.132. The summed E-state index contributed by atoms with van der Waals surface area (Å²) >= 11 is 0. The Morgan fingerprint density at radius 3 is 2.41 bits per heavy atom. The summed E-state index contributed by atoms with van der Waals surface area (Å²) in [5.41, 5.74) is 2.35. The minimum atomic E-state index is -0.132. The van der Waals surface area contributed by atoms with E-state index in [4.69, 9.17) is 0 Å². The van der Waals surface area contributed by atoms with Gasteiger partial charge in [-0.15, -0.1) is 0 Å². The number of aromatic nitrogens is 1. The van der Waals surface area contributed by atoms with E-state index in [0.29, 0.717) is 5.69 Å². The number of rotatable bonds is 2. The van der Waals surface area contributed by atoms with E-state index in [9.17, 15) is 4.79 Å². The maximum absolute atomic E-state index is 12.5. The van der Waals surface area contributed by atoms with E-state index in [0.717, 1.165) is 27.4 Å². The molecule has 0 radical (unpaired) electrons. The lowest BCUT2D eigenvalue weighted by Gasteiger charge is -2.07. The number of benzene rings is 3. The molecule has 2 N–H and O–H groups in total. The fourth-order valence-corrected chi connectivity index (χ4v) is 2.72. The molecule has 1 aromatic heterocycles. The van der Waals surface area contributed by atoms with Gasteiger partial charge in [0.05, 0.1) is 0 Å². The highest BCUT2D eigenvalue weighted by Gasteiger charge is 2.10. The smallest absolute Gasteiger partial charge is 0.272 e. The van der Waals surface area contributed by atoms with E-state index in [1.165, 1.54) is 0 Å². The molecule has 0 aliphatic rings. The van der Waals surface area contributed by atoms with Crippen LogP contribution in [0.5, 0.6) is 0 Å². The minimum Gasteiger partial charge on any atom is -0.351 e. The quantitative estimate of drug-likeness (QED) is 0.557. The Labute approximate surface area is 127 Å². The number of anilines is 1. The number of H-pyrrole nitrogens is 1. The van der Waals surface area contributed by atoms with E-state index in [2.05, 4.69) is 10.3 Å². The molecule has 0 aliphatic heterocycles. The van der Waals surface area contributed by atoms with Crippen molar-refractivity contribution >= 4 is 33.3 Å². The van der Waals surface area contributed by atoms with Gasteiger partial charge in [-0.2, -0.15) is 0 Å². The molecule has 4 rings (SSSR count). The second kappa shape index (κ2) is 5.04. The summed E-state index contributed by atoms with van der Waals surface area (Å²) in [6.07, 6.45) is 0. The molecule has 106 valence electrons. The third-order valence-corrected chi connectivity index (χ3v) is 3.81. The van der Waals surface area contributed by atoms with E-state index in [1.807, 2.05) is 72.8 Å². The second-order valence-electron chi connectivity index (χ2n) is 5.25. The first-order chi connectivity index (χ1) is 10.8. The molecular weight excluding hydrogens is 272 g/mol. The zero-order valence-corrected chi connectivity index (χ0v) is 11.8. The Balaban J connectivity index is 1.71. The number of carbonyl (C=O) groups excluding carboxylic acids is 1. The predicted octanol–water partition coefficient (Wildman–Crippen LogP) is 4.57. The van der Waals surface area contributed by atoms with Crippen molar-refractivity contribution in [3.05, 3.63) is 78.5 Å². The molecule has 3 aromatic carbocycles. The number of amides is 1. The average molecular weight is 286 g/mol. The van der Waals surface area contributed by atoms with Crippen molar-refractivity contribution in [2.45, 2.75) is 0 Å². The lowest BCUT2D eigenvalue weighted by molar-refractivity contribution is 0.102. The first kappa shape index (κ1) is 12.7. The van der Waals surface area contributed by atoms with Crippen LogP contribution in [0.15, 0.2) is 72.8 Å². The predicted molar refractivity (Wildman–Crippen MR) is 90.2 cm³/mol. The van der Waals surface area contributed by atoms with Crippen LogP contribution in [-0.2, 0) is 0 Å². The van der Waals surface area contributed by atoms with Gasteiger partial charge < -0.3 is 10.3 Å². The molecule has 0 fully saturated rings. The maximum Gasteiger partial charge on any atom is 0.272 e. The summed E-state index contributed by atoms with van der Waals surface area (Å²) < 4.78 is 0. The molecule has 0 atom stereocenters. The standard InChI is InChI=1S/C19H14N2O/c22-19(18-12-14-7-2-4-10-16(14)20-18)21-17-11-5-8-13-6-1-3-9-15(13)17/h1-12,20H,(H,21,22). The lowest BCUT2D eigenvalue weighted by Crippen LogP contribution is -2.12. The minimum absolute atomic E-state index is 0.132. The molecule has 0 aliphatic carbocycles. The van der Waals surface area contributed by atoms with Crippen LogP contribution in [0.4, 0.5) is 5.69 Å². The molecule has 4 aromatic rings. The van der Waals surface area contributed by atoms with Crippen molar-refractivity contribution in [1.29, 1.82) is 0 Å². The summed E-state index contributed by atoms with van der Waals surface area (Å²) in [6, 6.07) is 23.6. The highest BCUT2D eigenvalue weighted by atomic mass is 16.1. The summed E-state index contributed by atoms with van der Waals surface area (Å²) in [4.78, 5) is 15.6. The molecule has 1 amide bonds. The molecule has 3 heteroatoms.